The average molecular weight is 271 g/mol. The summed E-state index contributed by atoms with van der Waals surface area (Å²) in [4.78, 5) is 10.9. The maximum absolute atomic E-state index is 11.9. The number of anilines is 1. The predicted molar refractivity (Wildman–Crippen MR) is 69.5 cm³/mol. The quantitative estimate of drug-likeness (QED) is 0.514. The lowest BCUT2D eigenvalue weighted by molar-refractivity contribution is 0.1000. The van der Waals surface area contributed by atoms with Crippen LogP contribution in [-0.2, 0) is 10.0 Å². The molecule has 0 aliphatic rings. The van der Waals surface area contributed by atoms with E-state index in [0.717, 1.165) is 12.8 Å². The molecule has 1 amide bonds. The van der Waals surface area contributed by atoms with Crippen LogP contribution in [0.4, 0.5) is 5.69 Å². The number of carbonyl (C=O) groups is 1. The lowest BCUT2D eigenvalue weighted by Gasteiger charge is -2.09. The highest BCUT2D eigenvalue weighted by atomic mass is 32.2. The maximum Gasteiger partial charge on any atom is 0.248 e. The zero-order chi connectivity index (χ0) is 13.8. The third-order valence-corrected chi connectivity index (χ3v) is 3.94. The molecule has 0 heterocycles. The highest BCUT2D eigenvalue weighted by molar-refractivity contribution is 7.89. The third kappa shape index (κ3) is 3.44. The molecule has 1 rings (SSSR count). The van der Waals surface area contributed by atoms with Crippen molar-refractivity contribution in [2.45, 2.75) is 24.7 Å². The van der Waals surface area contributed by atoms with Crippen LogP contribution in [0.15, 0.2) is 23.1 Å². The van der Waals surface area contributed by atoms with Crippen LogP contribution >= 0.6 is 0 Å². The van der Waals surface area contributed by atoms with E-state index >= 15 is 0 Å². The Bertz CT molecular complexity index is 540. The van der Waals surface area contributed by atoms with Gasteiger partial charge in [-0.15, -0.1) is 0 Å². The molecular weight excluding hydrogens is 254 g/mol. The molecule has 0 spiro atoms. The van der Waals surface area contributed by atoms with E-state index < -0.39 is 15.9 Å². The molecule has 0 aliphatic carbocycles. The number of unbranched alkanes of at least 4 members (excludes halogenated alkanes) is 1. The molecule has 0 saturated carbocycles. The van der Waals surface area contributed by atoms with Gasteiger partial charge in [-0.25, -0.2) is 13.1 Å². The van der Waals surface area contributed by atoms with Crippen LogP contribution in [0.2, 0.25) is 0 Å². The lowest BCUT2D eigenvalue weighted by atomic mass is 10.2. The Morgan fingerprint density at radius 3 is 2.56 bits per heavy atom. The second-order valence-electron chi connectivity index (χ2n) is 3.87. The Kier molecular flexibility index (Phi) is 4.69. The summed E-state index contributed by atoms with van der Waals surface area (Å²) < 4.78 is 26.2. The standard InChI is InChI=1S/C11H17N3O3S/c1-2-3-6-14-18(16,17)10-5-4-8(11(13)15)7-9(10)12/h4-5,7,14H,2-3,6,12H2,1H3,(H2,13,15). The molecule has 0 radical (unpaired) electrons. The summed E-state index contributed by atoms with van der Waals surface area (Å²) in [6, 6.07) is 3.88. The van der Waals surface area contributed by atoms with Crippen molar-refractivity contribution >= 4 is 21.6 Å². The summed E-state index contributed by atoms with van der Waals surface area (Å²) in [5.41, 5.74) is 10.9. The molecule has 18 heavy (non-hydrogen) atoms. The van der Waals surface area contributed by atoms with Gasteiger partial charge >= 0.3 is 0 Å². The number of rotatable bonds is 6. The van der Waals surface area contributed by atoms with Crippen molar-refractivity contribution in [1.82, 2.24) is 4.72 Å². The van der Waals surface area contributed by atoms with Crippen molar-refractivity contribution in [3.05, 3.63) is 23.8 Å². The second kappa shape index (κ2) is 5.83. The Hall–Kier alpha value is -1.60. The van der Waals surface area contributed by atoms with Crippen molar-refractivity contribution in [1.29, 1.82) is 0 Å². The van der Waals surface area contributed by atoms with Gasteiger partial charge in [0.05, 0.1) is 5.69 Å². The van der Waals surface area contributed by atoms with E-state index in [9.17, 15) is 13.2 Å². The molecule has 0 aromatic heterocycles. The molecule has 0 fully saturated rings. The number of hydrogen-bond donors (Lipinski definition) is 3. The molecule has 0 bridgehead atoms. The summed E-state index contributed by atoms with van der Waals surface area (Å²) >= 11 is 0. The Morgan fingerprint density at radius 1 is 1.39 bits per heavy atom. The minimum absolute atomic E-state index is 0.00954. The van der Waals surface area contributed by atoms with Gasteiger partial charge in [0.1, 0.15) is 4.90 Å². The number of primary amides is 1. The summed E-state index contributed by atoms with van der Waals surface area (Å²) in [7, 11) is -3.63. The molecule has 1 aromatic carbocycles. The van der Waals surface area contributed by atoms with E-state index in [1.807, 2.05) is 6.92 Å². The highest BCUT2D eigenvalue weighted by Crippen LogP contribution is 2.19. The monoisotopic (exact) mass is 271 g/mol. The number of nitrogens with one attached hydrogen (secondary N) is 1. The van der Waals surface area contributed by atoms with Crippen molar-refractivity contribution in [3.8, 4) is 0 Å². The van der Waals surface area contributed by atoms with Crippen LogP contribution < -0.4 is 16.2 Å². The summed E-state index contributed by atoms with van der Waals surface area (Å²) in [5.74, 6) is -0.649. The topological polar surface area (TPSA) is 115 Å². The van der Waals surface area contributed by atoms with Gasteiger partial charge in [-0.3, -0.25) is 4.79 Å². The number of amides is 1. The first-order valence-corrected chi connectivity index (χ1v) is 7.05. The van der Waals surface area contributed by atoms with Gasteiger partial charge in [-0.05, 0) is 24.6 Å². The molecule has 0 aliphatic heterocycles. The number of sulfonamides is 1. The van der Waals surface area contributed by atoms with Gasteiger partial charge in [-0.2, -0.15) is 0 Å². The minimum Gasteiger partial charge on any atom is -0.398 e. The number of benzene rings is 1. The van der Waals surface area contributed by atoms with Gasteiger partial charge in [0, 0.05) is 12.1 Å². The van der Waals surface area contributed by atoms with E-state index in [-0.39, 0.29) is 16.1 Å². The molecule has 7 heteroatoms. The number of carbonyl (C=O) groups excluding carboxylic acids is 1. The zero-order valence-electron chi connectivity index (χ0n) is 10.1. The lowest BCUT2D eigenvalue weighted by Crippen LogP contribution is -2.25. The van der Waals surface area contributed by atoms with E-state index in [1.54, 1.807) is 0 Å². The average Bonchev–Trinajstić information content (AvgIpc) is 2.28. The number of hydrogen-bond acceptors (Lipinski definition) is 4. The van der Waals surface area contributed by atoms with Gasteiger partial charge in [0.15, 0.2) is 0 Å². The molecule has 0 atom stereocenters. The molecular formula is C11H17N3O3S. The number of nitrogen functional groups attached to an aromatic ring is 1. The Labute approximate surface area is 106 Å². The van der Waals surface area contributed by atoms with Crippen LogP contribution in [0.25, 0.3) is 0 Å². The van der Waals surface area contributed by atoms with E-state index in [4.69, 9.17) is 11.5 Å². The van der Waals surface area contributed by atoms with Crippen LogP contribution in [0.3, 0.4) is 0 Å². The maximum atomic E-state index is 11.9. The van der Waals surface area contributed by atoms with Crippen LogP contribution in [0.5, 0.6) is 0 Å². The fourth-order valence-electron chi connectivity index (χ4n) is 1.41. The van der Waals surface area contributed by atoms with Crippen molar-refractivity contribution in [2.75, 3.05) is 12.3 Å². The molecule has 6 nitrogen and oxygen atoms in total. The Balaban J connectivity index is 2.99. The third-order valence-electron chi connectivity index (χ3n) is 2.41. The summed E-state index contributed by atoms with van der Waals surface area (Å²) in [6.07, 6.45) is 1.64. The molecule has 100 valence electrons. The first-order valence-electron chi connectivity index (χ1n) is 5.57. The van der Waals surface area contributed by atoms with Gasteiger partial charge < -0.3 is 11.5 Å². The first-order chi connectivity index (χ1) is 8.38. The van der Waals surface area contributed by atoms with Crippen molar-refractivity contribution < 1.29 is 13.2 Å². The Morgan fingerprint density at radius 2 is 2.06 bits per heavy atom. The first kappa shape index (κ1) is 14.5. The fourth-order valence-corrected chi connectivity index (χ4v) is 2.59. The summed E-state index contributed by atoms with van der Waals surface area (Å²) in [5, 5.41) is 0. The van der Waals surface area contributed by atoms with E-state index in [2.05, 4.69) is 4.72 Å². The van der Waals surface area contributed by atoms with Crippen LogP contribution in [0, 0.1) is 0 Å². The molecule has 1 aromatic rings. The van der Waals surface area contributed by atoms with E-state index in [1.165, 1.54) is 18.2 Å². The zero-order valence-corrected chi connectivity index (χ0v) is 11.0. The van der Waals surface area contributed by atoms with Gasteiger partial charge in [0.25, 0.3) is 0 Å². The molecule has 0 unspecified atom stereocenters. The normalized spacial score (nSPS) is 11.4. The van der Waals surface area contributed by atoms with Gasteiger partial charge in [-0.1, -0.05) is 13.3 Å². The smallest absolute Gasteiger partial charge is 0.248 e. The largest absolute Gasteiger partial charge is 0.398 e. The summed E-state index contributed by atoms with van der Waals surface area (Å²) in [6.45, 7) is 2.32. The predicted octanol–water partition coefficient (Wildman–Crippen LogP) is 0.446. The van der Waals surface area contributed by atoms with E-state index in [0.29, 0.717) is 6.54 Å². The van der Waals surface area contributed by atoms with Crippen molar-refractivity contribution in [3.63, 3.8) is 0 Å². The highest BCUT2D eigenvalue weighted by Gasteiger charge is 2.17. The number of nitrogens with two attached hydrogens (primary N) is 2. The van der Waals surface area contributed by atoms with Crippen molar-refractivity contribution in [2.24, 2.45) is 5.73 Å². The van der Waals surface area contributed by atoms with Gasteiger partial charge in [0.2, 0.25) is 15.9 Å². The minimum atomic E-state index is -3.63. The SMILES string of the molecule is CCCCNS(=O)(=O)c1ccc(C(N)=O)cc1N. The second-order valence-corrected chi connectivity index (χ2v) is 5.60. The van der Waals surface area contributed by atoms with Crippen LogP contribution in [-0.4, -0.2) is 20.9 Å². The fraction of sp³-hybridized carbons (Fsp3) is 0.364. The molecule has 5 N–H and O–H groups in total. The van der Waals surface area contributed by atoms with Crippen LogP contribution in [0.1, 0.15) is 30.1 Å². The molecule has 0 saturated heterocycles.